The molecule has 0 aromatic rings. The lowest BCUT2D eigenvalue weighted by atomic mass is 10.1. The third kappa shape index (κ3) is 6.80. The van der Waals surface area contributed by atoms with Gasteiger partial charge in [0.2, 0.25) is 0 Å². The normalized spacial score (nSPS) is 15.0. The van der Waals surface area contributed by atoms with E-state index in [0.29, 0.717) is 0 Å². The van der Waals surface area contributed by atoms with Crippen LogP contribution in [0.5, 0.6) is 0 Å². The van der Waals surface area contributed by atoms with Gasteiger partial charge in [-0.05, 0) is 5.92 Å². The Bertz CT molecular complexity index is 138. The molecule has 0 heterocycles. The minimum atomic E-state index is -4.27. The largest absolute Gasteiger partial charge is 0.411 e. The molecule has 0 rings (SSSR count). The third-order valence-corrected chi connectivity index (χ3v) is 1.58. The first-order valence-corrected chi connectivity index (χ1v) is 3.97. The molecule has 3 N–H and O–H groups in total. The molecule has 0 aliphatic heterocycles. The summed E-state index contributed by atoms with van der Waals surface area (Å²) in [6.45, 7) is 2.44. The molecule has 80 valence electrons. The molecule has 0 amide bonds. The number of nitrogens with one attached hydrogen (secondary N) is 1. The second-order valence-corrected chi connectivity index (χ2v) is 3.15. The van der Waals surface area contributed by atoms with E-state index in [1.54, 1.807) is 0 Å². The second kappa shape index (κ2) is 5.41. The first-order chi connectivity index (χ1) is 5.87. The summed E-state index contributed by atoms with van der Waals surface area (Å²) in [5.41, 5.74) is 2.40. The predicted octanol–water partition coefficient (Wildman–Crippen LogP) is 1.05. The van der Waals surface area contributed by atoms with Crippen LogP contribution in [0.4, 0.5) is 13.2 Å². The molecule has 0 radical (unpaired) electrons. The fourth-order valence-electron chi connectivity index (χ4n) is 0.735. The van der Waals surface area contributed by atoms with Gasteiger partial charge in [0, 0.05) is 6.04 Å². The van der Waals surface area contributed by atoms with Gasteiger partial charge in [-0.3, -0.25) is 11.3 Å². The van der Waals surface area contributed by atoms with Crippen molar-refractivity contribution in [1.82, 2.24) is 5.43 Å². The van der Waals surface area contributed by atoms with Crippen LogP contribution >= 0.6 is 0 Å². The van der Waals surface area contributed by atoms with Gasteiger partial charge in [-0.25, -0.2) is 0 Å². The standard InChI is InChI=1S/C7H15F3N2O/c1-5(2)6(12-11)3-13-4-7(8,9)10/h5-6,12H,3-4,11H2,1-2H3. The number of hydrazine groups is 1. The Balaban J connectivity index is 3.62. The first-order valence-electron chi connectivity index (χ1n) is 3.97. The average Bonchev–Trinajstić information content (AvgIpc) is 1.95. The molecule has 0 aromatic carbocycles. The molecule has 1 unspecified atom stereocenters. The molecule has 0 saturated heterocycles. The van der Waals surface area contributed by atoms with Crippen molar-refractivity contribution in [3.05, 3.63) is 0 Å². The maximum absolute atomic E-state index is 11.6. The summed E-state index contributed by atoms with van der Waals surface area (Å²) in [4.78, 5) is 0. The van der Waals surface area contributed by atoms with Gasteiger partial charge in [0.1, 0.15) is 6.61 Å². The van der Waals surface area contributed by atoms with Gasteiger partial charge in [-0.15, -0.1) is 0 Å². The van der Waals surface area contributed by atoms with Crippen LogP contribution in [-0.2, 0) is 4.74 Å². The van der Waals surface area contributed by atoms with Crippen molar-refractivity contribution in [1.29, 1.82) is 0 Å². The molecule has 0 fully saturated rings. The fraction of sp³-hybridized carbons (Fsp3) is 1.00. The van der Waals surface area contributed by atoms with Crippen LogP contribution in [0.3, 0.4) is 0 Å². The predicted molar refractivity (Wildman–Crippen MR) is 42.8 cm³/mol. The van der Waals surface area contributed by atoms with E-state index in [1.807, 2.05) is 13.8 Å². The van der Waals surface area contributed by atoms with Crippen LogP contribution in [0.25, 0.3) is 0 Å². The van der Waals surface area contributed by atoms with Gasteiger partial charge < -0.3 is 4.74 Å². The Labute approximate surface area is 75.4 Å². The van der Waals surface area contributed by atoms with Crippen molar-refractivity contribution in [3.8, 4) is 0 Å². The van der Waals surface area contributed by atoms with Crippen LogP contribution in [0, 0.1) is 5.92 Å². The Morgan fingerprint density at radius 3 is 2.23 bits per heavy atom. The minimum absolute atomic E-state index is 0.0341. The van der Waals surface area contributed by atoms with Gasteiger partial charge in [0.25, 0.3) is 0 Å². The maximum atomic E-state index is 11.6. The quantitative estimate of drug-likeness (QED) is 0.515. The van der Waals surface area contributed by atoms with Gasteiger partial charge in [0.15, 0.2) is 0 Å². The molecular weight excluding hydrogens is 185 g/mol. The highest BCUT2D eigenvalue weighted by molar-refractivity contribution is 4.66. The molecule has 0 spiro atoms. The molecule has 0 aliphatic rings. The van der Waals surface area contributed by atoms with Crippen LogP contribution in [0.1, 0.15) is 13.8 Å². The Morgan fingerprint density at radius 1 is 1.38 bits per heavy atom. The van der Waals surface area contributed by atoms with Crippen LogP contribution in [0.15, 0.2) is 0 Å². The molecule has 0 aliphatic carbocycles. The van der Waals surface area contributed by atoms with Gasteiger partial charge in [-0.1, -0.05) is 13.8 Å². The topological polar surface area (TPSA) is 47.3 Å². The highest BCUT2D eigenvalue weighted by Crippen LogP contribution is 2.14. The third-order valence-electron chi connectivity index (χ3n) is 1.58. The summed E-state index contributed by atoms with van der Waals surface area (Å²) >= 11 is 0. The molecule has 1 atom stereocenters. The Kier molecular flexibility index (Phi) is 5.27. The van der Waals surface area contributed by atoms with E-state index >= 15 is 0 Å². The van der Waals surface area contributed by atoms with E-state index in [2.05, 4.69) is 10.2 Å². The number of halogens is 3. The summed E-state index contributed by atoms with van der Waals surface area (Å²) in [6.07, 6.45) is -4.27. The van der Waals surface area contributed by atoms with E-state index in [0.717, 1.165) is 0 Å². The molecule has 0 bridgehead atoms. The van der Waals surface area contributed by atoms with Gasteiger partial charge in [-0.2, -0.15) is 13.2 Å². The van der Waals surface area contributed by atoms with E-state index in [1.165, 1.54) is 0 Å². The number of alkyl halides is 3. The highest BCUT2D eigenvalue weighted by atomic mass is 19.4. The SMILES string of the molecule is CC(C)C(COCC(F)(F)F)NN. The molecule has 13 heavy (non-hydrogen) atoms. The zero-order valence-electron chi connectivity index (χ0n) is 7.69. The number of hydrogen-bond donors (Lipinski definition) is 2. The first kappa shape index (κ1) is 12.7. The summed E-state index contributed by atoms with van der Waals surface area (Å²) in [5, 5.41) is 0. The van der Waals surface area contributed by atoms with Gasteiger partial charge in [0.05, 0.1) is 6.61 Å². The van der Waals surface area contributed by atoms with Crippen molar-refractivity contribution < 1.29 is 17.9 Å². The lowest BCUT2D eigenvalue weighted by Crippen LogP contribution is -2.43. The minimum Gasteiger partial charge on any atom is -0.370 e. The van der Waals surface area contributed by atoms with E-state index in [9.17, 15) is 13.2 Å². The smallest absolute Gasteiger partial charge is 0.370 e. The zero-order valence-corrected chi connectivity index (χ0v) is 7.69. The Morgan fingerprint density at radius 2 is 1.92 bits per heavy atom. The van der Waals surface area contributed by atoms with Crippen molar-refractivity contribution in [2.45, 2.75) is 26.1 Å². The molecule has 6 heteroatoms. The number of nitrogens with two attached hydrogens (primary N) is 1. The van der Waals surface area contributed by atoms with Crippen LogP contribution in [0.2, 0.25) is 0 Å². The average molecular weight is 200 g/mol. The summed E-state index contributed by atoms with van der Waals surface area (Å²) in [7, 11) is 0. The molecule has 3 nitrogen and oxygen atoms in total. The summed E-state index contributed by atoms with van der Waals surface area (Å²) in [5.74, 6) is 5.25. The van der Waals surface area contributed by atoms with E-state index in [4.69, 9.17) is 5.84 Å². The van der Waals surface area contributed by atoms with Crippen molar-refractivity contribution in [2.75, 3.05) is 13.2 Å². The summed E-state index contributed by atoms with van der Waals surface area (Å²) < 4.78 is 39.3. The zero-order chi connectivity index (χ0) is 10.5. The van der Waals surface area contributed by atoms with Crippen LogP contribution in [-0.4, -0.2) is 25.4 Å². The van der Waals surface area contributed by atoms with Gasteiger partial charge >= 0.3 is 6.18 Å². The lowest BCUT2D eigenvalue weighted by Gasteiger charge is -2.19. The molecule has 0 aromatic heterocycles. The van der Waals surface area contributed by atoms with E-state index < -0.39 is 12.8 Å². The lowest BCUT2D eigenvalue weighted by molar-refractivity contribution is -0.175. The van der Waals surface area contributed by atoms with E-state index in [-0.39, 0.29) is 18.6 Å². The molecular formula is C7H15F3N2O. The fourth-order valence-corrected chi connectivity index (χ4v) is 0.735. The number of hydrogen-bond acceptors (Lipinski definition) is 3. The monoisotopic (exact) mass is 200 g/mol. The maximum Gasteiger partial charge on any atom is 0.411 e. The second-order valence-electron chi connectivity index (χ2n) is 3.15. The van der Waals surface area contributed by atoms with Crippen molar-refractivity contribution in [3.63, 3.8) is 0 Å². The van der Waals surface area contributed by atoms with Crippen molar-refractivity contribution in [2.24, 2.45) is 11.8 Å². The highest BCUT2D eigenvalue weighted by Gasteiger charge is 2.28. The van der Waals surface area contributed by atoms with Crippen molar-refractivity contribution >= 4 is 0 Å². The number of ether oxygens (including phenoxy) is 1. The van der Waals surface area contributed by atoms with Crippen LogP contribution < -0.4 is 11.3 Å². The molecule has 0 saturated carbocycles. The Hall–Kier alpha value is -0.330. The summed E-state index contributed by atoms with van der Waals surface area (Å²) in [6, 6.07) is -0.248. The number of rotatable bonds is 5.